The van der Waals surface area contributed by atoms with E-state index in [1.165, 1.54) is 25.7 Å². The molecule has 3 aliphatic rings. The zero-order valence-corrected chi connectivity index (χ0v) is 16.0. The average Bonchev–Trinajstić information content (AvgIpc) is 3.17. The molecule has 0 radical (unpaired) electrons. The maximum Gasteiger partial charge on any atom is 0.254 e. The number of hydrogen-bond acceptors (Lipinski definition) is 4. The monoisotopic (exact) mass is 371 g/mol. The maximum absolute atomic E-state index is 12.9. The molecular formula is C21H29N3O3. The van der Waals surface area contributed by atoms with Crippen LogP contribution >= 0.6 is 0 Å². The molecule has 1 aromatic carbocycles. The standard InChI is InChI=1S/C21H29N3O3/c1-27-17-7-4-6-16(13-17)20(25)23-9-11-24(12-10-23)21(26)19-14-15-5-2-3-8-18(15)22-19/h4,6-7,13,15,18-19,22H,2-3,5,8-12,14H2,1H3. The van der Waals surface area contributed by atoms with Gasteiger partial charge in [-0.15, -0.1) is 0 Å². The fourth-order valence-corrected chi connectivity index (χ4v) is 4.80. The van der Waals surface area contributed by atoms with Gasteiger partial charge < -0.3 is 19.9 Å². The van der Waals surface area contributed by atoms with Crippen molar-refractivity contribution < 1.29 is 14.3 Å². The van der Waals surface area contributed by atoms with Gasteiger partial charge in [-0.25, -0.2) is 0 Å². The smallest absolute Gasteiger partial charge is 0.254 e. The Kier molecular flexibility index (Phi) is 5.34. The van der Waals surface area contributed by atoms with Crippen molar-refractivity contribution in [3.8, 4) is 5.75 Å². The van der Waals surface area contributed by atoms with Crippen LogP contribution in [-0.2, 0) is 4.79 Å². The van der Waals surface area contributed by atoms with Gasteiger partial charge in [0.1, 0.15) is 5.75 Å². The highest BCUT2D eigenvalue weighted by Gasteiger charge is 2.40. The van der Waals surface area contributed by atoms with Crippen LogP contribution in [0.2, 0.25) is 0 Å². The summed E-state index contributed by atoms with van der Waals surface area (Å²) < 4.78 is 5.21. The molecule has 1 saturated carbocycles. The lowest BCUT2D eigenvalue weighted by atomic mass is 9.85. The molecule has 3 atom stereocenters. The number of rotatable bonds is 3. The van der Waals surface area contributed by atoms with Gasteiger partial charge in [-0.2, -0.15) is 0 Å². The zero-order valence-electron chi connectivity index (χ0n) is 16.0. The van der Waals surface area contributed by atoms with Crippen LogP contribution in [0.15, 0.2) is 24.3 Å². The minimum Gasteiger partial charge on any atom is -0.497 e. The molecule has 1 N–H and O–H groups in total. The van der Waals surface area contributed by atoms with E-state index in [1.807, 2.05) is 28.0 Å². The van der Waals surface area contributed by atoms with Crippen LogP contribution in [-0.4, -0.2) is 67.0 Å². The molecule has 6 heteroatoms. The number of benzene rings is 1. The number of carbonyl (C=O) groups excluding carboxylic acids is 2. The number of ether oxygens (including phenoxy) is 1. The van der Waals surface area contributed by atoms with Crippen molar-refractivity contribution in [2.75, 3.05) is 33.3 Å². The van der Waals surface area contributed by atoms with E-state index in [2.05, 4.69) is 5.32 Å². The second kappa shape index (κ2) is 7.89. The molecule has 4 rings (SSSR count). The second-order valence-corrected chi connectivity index (χ2v) is 7.96. The molecule has 2 saturated heterocycles. The van der Waals surface area contributed by atoms with Gasteiger partial charge in [0.25, 0.3) is 5.91 Å². The summed E-state index contributed by atoms with van der Waals surface area (Å²) in [6.45, 7) is 2.40. The molecule has 2 heterocycles. The molecule has 0 spiro atoms. The summed E-state index contributed by atoms with van der Waals surface area (Å²) >= 11 is 0. The number of amides is 2. The van der Waals surface area contributed by atoms with Crippen molar-refractivity contribution >= 4 is 11.8 Å². The summed E-state index contributed by atoms with van der Waals surface area (Å²) in [6.07, 6.45) is 6.02. The second-order valence-electron chi connectivity index (χ2n) is 7.96. The van der Waals surface area contributed by atoms with E-state index >= 15 is 0 Å². The van der Waals surface area contributed by atoms with Gasteiger partial charge in [0, 0.05) is 37.8 Å². The first kappa shape index (κ1) is 18.3. The number of carbonyl (C=O) groups is 2. The van der Waals surface area contributed by atoms with E-state index in [9.17, 15) is 9.59 Å². The van der Waals surface area contributed by atoms with Crippen LogP contribution in [0.1, 0.15) is 42.5 Å². The zero-order chi connectivity index (χ0) is 18.8. The molecule has 1 aromatic rings. The Labute approximate surface area is 160 Å². The third-order valence-electron chi connectivity index (χ3n) is 6.36. The molecular weight excluding hydrogens is 342 g/mol. The summed E-state index contributed by atoms with van der Waals surface area (Å²) in [6, 6.07) is 7.75. The van der Waals surface area contributed by atoms with Crippen molar-refractivity contribution in [3.63, 3.8) is 0 Å². The van der Waals surface area contributed by atoms with E-state index in [0.29, 0.717) is 49.5 Å². The fourth-order valence-electron chi connectivity index (χ4n) is 4.80. The molecule has 2 aliphatic heterocycles. The Morgan fingerprint density at radius 2 is 1.81 bits per heavy atom. The Morgan fingerprint density at radius 1 is 1.07 bits per heavy atom. The Morgan fingerprint density at radius 3 is 2.56 bits per heavy atom. The lowest BCUT2D eigenvalue weighted by Gasteiger charge is -2.36. The predicted molar refractivity (Wildman–Crippen MR) is 103 cm³/mol. The summed E-state index contributed by atoms with van der Waals surface area (Å²) in [7, 11) is 1.60. The Hall–Kier alpha value is -2.08. The first-order valence-electron chi connectivity index (χ1n) is 10.1. The van der Waals surface area contributed by atoms with Gasteiger partial charge in [-0.05, 0) is 43.4 Å². The van der Waals surface area contributed by atoms with Crippen LogP contribution in [0.5, 0.6) is 5.75 Å². The van der Waals surface area contributed by atoms with E-state index < -0.39 is 0 Å². The SMILES string of the molecule is COc1cccc(C(=O)N2CCN(C(=O)C3CC4CCCCC4N3)CC2)c1. The lowest BCUT2D eigenvalue weighted by molar-refractivity contribution is -0.134. The highest BCUT2D eigenvalue weighted by Crippen LogP contribution is 2.33. The molecule has 3 fully saturated rings. The summed E-state index contributed by atoms with van der Waals surface area (Å²) in [5.41, 5.74) is 0.635. The van der Waals surface area contributed by atoms with Gasteiger partial charge in [0.15, 0.2) is 0 Å². The van der Waals surface area contributed by atoms with Crippen LogP contribution in [0.25, 0.3) is 0 Å². The number of nitrogens with zero attached hydrogens (tertiary/aromatic N) is 2. The van der Waals surface area contributed by atoms with Crippen molar-refractivity contribution in [1.82, 2.24) is 15.1 Å². The Balaban J connectivity index is 1.32. The van der Waals surface area contributed by atoms with E-state index in [0.717, 1.165) is 6.42 Å². The molecule has 3 unspecified atom stereocenters. The minimum atomic E-state index is -0.0289. The molecule has 27 heavy (non-hydrogen) atoms. The highest BCUT2D eigenvalue weighted by atomic mass is 16.5. The number of piperazine rings is 1. The van der Waals surface area contributed by atoms with Crippen LogP contribution in [0, 0.1) is 5.92 Å². The fraction of sp³-hybridized carbons (Fsp3) is 0.619. The number of nitrogens with one attached hydrogen (secondary N) is 1. The van der Waals surface area contributed by atoms with Gasteiger partial charge >= 0.3 is 0 Å². The van der Waals surface area contributed by atoms with Crippen LogP contribution in [0.3, 0.4) is 0 Å². The predicted octanol–water partition coefficient (Wildman–Crippen LogP) is 1.90. The normalized spacial score (nSPS) is 28.0. The molecule has 146 valence electrons. The van der Waals surface area contributed by atoms with Crippen LogP contribution < -0.4 is 10.1 Å². The first-order chi connectivity index (χ1) is 13.2. The lowest BCUT2D eigenvalue weighted by Crippen LogP contribution is -2.54. The topological polar surface area (TPSA) is 61.9 Å². The highest BCUT2D eigenvalue weighted by molar-refractivity contribution is 5.94. The van der Waals surface area contributed by atoms with Gasteiger partial charge in [0.2, 0.25) is 5.91 Å². The van der Waals surface area contributed by atoms with Gasteiger partial charge in [0.05, 0.1) is 13.2 Å². The van der Waals surface area contributed by atoms with Crippen molar-refractivity contribution in [2.45, 2.75) is 44.2 Å². The van der Waals surface area contributed by atoms with Crippen molar-refractivity contribution in [1.29, 1.82) is 0 Å². The van der Waals surface area contributed by atoms with Gasteiger partial charge in [-0.3, -0.25) is 9.59 Å². The molecule has 2 amide bonds. The van der Waals surface area contributed by atoms with Crippen molar-refractivity contribution in [3.05, 3.63) is 29.8 Å². The minimum absolute atomic E-state index is 0.00556. The third-order valence-corrected chi connectivity index (χ3v) is 6.36. The molecule has 0 bridgehead atoms. The molecule has 1 aliphatic carbocycles. The molecule has 0 aromatic heterocycles. The summed E-state index contributed by atoms with van der Waals surface area (Å²) in [4.78, 5) is 29.4. The average molecular weight is 371 g/mol. The van der Waals surface area contributed by atoms with Crippen molar-refractivity contribution in [2.24, 2.45) is 5.92 Å². The van der Waals surface area contributed by atoms with Gasteiger partial charge in [-0.1, -0.05) is 18.9 Å². The Bertz CT molecular complexity index is 686. The largest absolute Gasteiger partial charge is 0.497 e. The number of hydrogen-bond donors (Lipinski definition) is 1. The van der Waals surface area contributed by atoms with E-state index in [-0.39, 0.29) is 17.9 Å². The van der Waals surface area contributed by atoms with E-state index in [1.54, 1.807) is 13.2 Å². The van der Waals surface area contributed by atoms with E-state index in [4.69, 9.17) is 4.74 Å². The summed E-state index contributed by atoms with van der Waals surface area (Å²) in [5.74, 6) is 1.58. The summed E-state index contributed by atoms with van der Waals surface area (Å²) in [5, 5.41) is 3.58. The van der Waals surface area contributed by atoms with Crippen LogP contribution in [0.4, 0.5) is 0 Å². The molecule has 6 nitrogen and oxygen atoms in total. The quantitative estimate of drug-likeness (QED) is 0.882. The maximum atomic E-state index is 12.9. The number of methoxy groups -OCH3 is 1. The number of fused-ring (bicyclic) bond motifs is 1. The third kappa shape index (κ3) is 3.81. The first-order valence-corrected chi connectivity index (χ1v) is 10.1.